The molecule has 11 heteroatoms. The lowest BCUT2D eigenvalue weighted by atomic mass is 10.0. The third-order valence-corrected chi connectivity index (χ3v) is 6.97. The molecule has 0 unspecified atom stereocenters. The lowest BCUT2D eigenvalue weighted by molar-refractivity contribution is 0.0848. The van der Waals surface area contributed by atoms with Gasteiger partial charge in [0, 0.05) is 61.9 Å². The van der Waals surface area contributed by atoms with Gasteiger partial charge < -0.3 is 28.8 Å². The van der Waals surface area contributed by atoms with Crippen LogP contribution in [0.5, 0.6) is 17.2 Å². The summed E-state index contributed by atoms with van der Waals surface area (Å²) in [4.78, 5) is 32.6. The van der Waals surface area contributed by atoms with E-state index in [0.29, 0.717) is 86.1 Å². The van der Waals surface area contributed by atoms with Crippen LogP contribution in [0.4, 0.5) is 9.18 Å². The van der Waals surface area contributed by atoms with E-state index >= 15 is 0 Å². The average molecular weight is 513 g/mol. The lowest BCUT2D eigenvalue weighted by Gasteiger charge is -2.37. The van der Waals surface area contributed by atoms with Crippen LogP contribution in [0, 0.1) is 5.82 Å². The van der Waals surface area contributed by atoms with E-state index in [-0.39, 0.29) is 18.1 Å². The minimum absolute atomic E-state index is 0.151. The number of fused-ring (bicyclic) bond motifs is 2. The quantitative estimate of drug-likeness (QED) is 0.515. The number of aromatic nitrogens is 2. The number of hydrogen-bond acceptors (Lipinski definition) is 7. The Morgan fingerprint density at radius 1 is 1.16 bits per heavy atom. The van der Waals surface area contributed by atoms with E-state index in [1.165, 1.54) is 30.2 Å². The van der Waals surface area contributed by atoms with Gasteiger partial charge in [0.05, 0.1) is 31.1 Å². The van der Waals surface area contributed by atoms with Gasteiger partial charge in [-0.3, -0.25) is 14.7 Å². The van der Waals surface area contributed by atoms with E-state index in [1.807, 2.05) is 0 Å². The van der Waals surface area contributed by atoms with Gasteiger partial charge in [-0.15, -0.1) is 0 Å². The number of methoxy groups -OCH3 is 1. The molecule has 3 aromatic rings. The molecule has 0 bridgehead atoms. The standard InChI is InChI=1S/C26H29FN4O6/c1-35-19-13-21(27)20-2-3-25(32)30(22(20)14-19)9-8-29-6-4-18(5-7-29)31(26(33)34)16-17-12-23-24(15-28-17)37-11-10-36-23/h2-3,12-15,18H,4-11,16H2,1H3,(H,33,34). The first kappa shape index (κ1) is 24.8. The van der Waals surface area contributed by atoms with Crippen LogP contribution in [0.1, 0.15) is 18.5 Å². The van der Waals surface area contributed by atoms with Gasteiger partial charge in [0.1, 0.15) is 24.8 Å². The Morgan fingerprint density at radius 3 is 2.65 bits per heavy atom. The van der Waals surface area contributed by atoms with Crippen molar-refractivity contribution in [1.29, 1.82) is 0 Å². The number of carboxylic acid groups (broad SMARTS) is 1. The molecule has 10 nitrogen and oxygen atoms in total. The van der Waals surface area contributed by atoms with E-state index in [2.05, 4.69) is 9.88 Å². The maximum Gasteiger partial charge on any atom is 0.407 e. The Labute approximate surface area is 212 Å². The maximum absolute atomic E-state index is 14.5. The lowest BCUT2D eigenvalue weighted by Crippen LogP contribution is -2.47. The molecule has 196 valence electrons. The van der Waals surface area contributed by atoms with Crippen molar-refractivity contribution in [1.82, 2.24) is 19.4 Å². The highest BCUT2D eigenvalue weighted by Crippen LogP contribution is 2.30. The minimum atomic E-state index is -0.992. The number of pyridine rings is 2. The average Bonchev–Trinajstić information content (AvgIpc) is 2.91. The summed E-state index contributed by atoms with van der Waals surface area (Å²) in [5, 5.41) is 10.3. The number of piperidine rings is 1. The van der Waals surface area contributed by atoms with Gasteiger partial charge in [-0.1, -0.05) is 0 Å². The number of ether oxygens (including phenoxy) is 3. The van der Waals surface area contributed by atoms with Crippen LogP contribution in [-0.4, -0.2) is 76.6 Å². The molecule has 0 saturated carbocycles. The molecular formula is C26H29FN4O6. The second-order valence-corrected chi connectivity index (χ2v) is 9.17. The van der Waals surface area contributed by atoms with Gasteiger partial charge in [-0.25, -0.2) is 9.18 Å². The first-order valence-corrected chi connectivity index (χ1v) is 12.3. The van der Waals surface area contributed by atoms with Gasteiger partial charge >= 0.3 is 6.09 Å². The van der Waals surface area contributed by atoms with Crippen LogP contribution < -0.4 is 19.8 Å². The second-order valence-electron chi connectivity index (χ2n) is 9.17. The molecule has 1 fully saturated rings. The molecule has 4 heterocycles. The number of benzene rings is 1. The highest BCUT2D eigenvalue weighted by Gasteiger charge is 2.29. The zero-order valence-corrected chi connectivity index (χ0v) is 20.6. The highest BCUT2D eigenvalue weighted by atomic mass is 19.1. The van der Waals surface area contributed by atoms with Crippen molar-refractivity contribution < 1.29 is 28.5 Å². The summed E-state index contributed by atoms with van der Waals surface area (Å²) in [6.07, 6.45) is 1.89. The normalized spacial score (nSPS) is 16.1. The Hall–Kier alpha value is -3.86. The summed E-state index contributed by atoms with van der Waals surface area (Å²) < 4.78 is 32.3. The van der Waals surface area contributed by atoms with Crippen molar-refractivity contribution in [2.75, 3.05) is 40.0 Å². The number of carbonyl (C=O) groups is 1. The number of nitrogens with zero attached hydrogens (tertiary/aromatic N) is 4. The smallest absolute Gasteiger partial charge is 0.407 e. The van der Waals surface area contributed by atoms with Gasteiger partial charge in [0.15, 0.2) is 11.5 Å². The van der Waals surface area contributed by atoms with Crippen LogP contribution in [0.25, 0.3) is 10.9 Å². The Kier molecular flexibility index (Phi) is 7.13. The summed E-state index contributed by atoms with van der Waals surface area (Å²) in [6.45, 7) is 3.41. The largest absolute Gasteiger partial charge is 0.497 e. The molecule has 0 spiro atoms. The molecule has 1 amide bonds. The van der Waals surface area contributed by atoms with Gasteiger partial charge in [-0.2, -0.15) is 0 Å². The van der Waals surface area contributed by atoms with Crippen LogP contribution in [-0.2, 0) is 13.1 Å². The Bertz CT molecular complexity index is 1350. The molecule has 2 aromatic heterocycles. The van der Waals surface area contributed by atoms with Gasteiger partial charge in [0.2, 0.25) is 0 Å². The summed E-state index contributed by atoms with van der Waals surface area (Å²) in [6, 6.07) is 7.42. The zero-order valence-electron chi connectivity index (χ0n) is 20.6. The van der Waals surface area contributed by atoms with Crippen molar-refractivity contribution in [3.05, 3.63) is 58.4 Å². The predicted octanol–water partition coefficient (Wildman–Crippen LogP) is 2.96. The van der Waals surface area contributed by atoms with Crippen molar-refractivity contribution >= 4 is 17.0 Å². The van der Waals surface area contributed by atoms with Crippen molar-refractivity contribution in [3.8, 4) is 17.2 Å². The maximum atomic E-state index is 14.5. The number of hydrogen-bond donors (Lipinski definition) is 1. The summed E-state index contributed by atoms with van der Waals surface area (Å²) >= 11 is 0. The van der Waals surface area contributed by atoms with Crippen LogP contribution in [0.2, 0.25) is 0 Å². The van der Waals surface area contributed by atoms with Crippen LogP contribution in [0.3, 0.4) is 0 Å². The van der Waals surface area contributed by atoms with Crippen LogP contribution in [0.15, 0.2) is 41.3 Å². The fourth-order valence-electron chi connectivity index (χ4n) is 4.98. The first-order chi connectivity index (χ1) is 17.9. The number of rotatable bonds is 7. The topological polar surface area (TPSA) is 106 Å². The molecule has 1 aromatic carbocycles. The van der Waals surface area contributed by atoms with E-state index in [9.17, 15) is 19.1 Å². The third kappa shape index (κ3) is 5.31. The van der Waals surface area contributed by atoms with E-state index < -0.39 is 11.9 Å². The molecule has 2 aliphatic heterocycles. The molecular weight excluding hydrogens is 483 g/mol. The zero-order chi connectivity index (χ0) is 25.9. The molecule has 5 rings (SSSR count). The van der Waals surface area contributed by atoms with E-state index in [0.717, 1.165) is 0 Å². The molecule has 37 heavy (non-hydrogen) atoms. The predicted molar refractivity (Wildman–Crippen MR) is 133 cm³/mol. The van der Waals surface area contributed by atoms with Crippen LogP contribution >= 0.6 is 0 Å². The molecule has 0 radical (unpaired) electrons. The summed E-state index contributed by atoms with van der Waals surface area (Å²) in [5.74, 6) is 1.06. The summed E-state index contributed by atoms with van der Waals surface area (Å²) in [7, 11) is 1.46. The second kappa shape index (κ2) is 10.6. The van der Waals surface area contributed by atoms with Gasteiger partial charge in [-0.05, 0) is 18.9 Å². The van der Waals surface area contributed by atoms with Gasteiger partial charge in [0.25, 0.3) is 5.56 Å². The molecule has 1 saturated heterocycles. The minimum Gasteiger partial charge on any atom is -0.497 e. The Morgan fingerprint density at radius 2 is 1.92 bits per heavy atom. The Balaban J connectivity index is 1.22. The fourth-order valence-corrected chi connectivity index (χ4v) is 4.98. The monoisotopic (exact) mass is 512 g/mol. The molecule has 2 aliphatic rings. The number of halogens is 1. The highest BCUT2D eigenvalue weighted by molar-refractivity contribution is 5.81. The fraction of sp³-hybridized carbons (Fsp3) is 0.423. The third-order valence-electron chi connectivity index (χ3n) is 6.97. The van der Waals surface area contributed by atoms with Crippen molar-refractivity contribution in [2.45, 2.75) is 32.0 Å². The van der Waals surface area contributed by atoms with Crippen molar-refractivity contribution in [3.63, 3.8) is 0 Å². The number of amides is 1. The first-order valence-electron chi connectivity index (χ1n) is 12.3. The van der Waals surface area contributed by atoms with Crippen molar-refractivity contribution in [2.24, 2.45) is 0 Å². The van der Waals surface area contributed by atoms with E-state index in [1.54, 1.807) is 22.9 Å². The number of likely N-dealkylation sites (tertiary alicyclic amines) is 1. The molecule has 0 atom stereocenters. The van der Waals surface area contributed by atoms with E-state index in [4.69, 9.17) is 14.2 Å². The molecule has 0 aliphatic carbocycles. The SMILES string of the molecule is COc1cc(F)c2ccc(=O)n(CCN3CCC(N(Cc4cc5c(cn4)OCCO5)C(=O)O)CC3)c2c1. The summed E-state index contributed by atoms with van der Waals surface area (Å²) in [5.41, 5.74) is 0.884. The molecule has 1 N–H and O–H groups in total.